The van der Waals surface area contributed by atoms with Crippen molar-refractivity contribution in [2.24, 2.45) is 0 Å². The number of fused-ring (bicyclic) bond motifs is 3. The van der Waals surface area contributed by atoms with Gasteiger partial charge in [-0.25, -0.2) is 0 Å². The molecule has 4 rings (SSSR count). The lowest BCUT2D eigenvalue weighted by atomic mass is 10.2. The number of hydrogen-bond acceptors (Lipinski definition) is 0. The van der Waals surface area contributed by atoms with Gasteiger partial charge in [-0.2, -0.15) is 0 Å². The molecular formula is C19H15N. The van der Waals surface area contributed by atoms with Crippen LogP contribution in [0.2, 0.25) is 0 Å². The quantitative estimate of drug-likeness (QED) is 0.631. The minimum atomic E-state index is 0.979. The Bertz CT molecular complexity index is 912. The van der Waals surface area contributed by atoms with Crippen LogP contribution in [0.15, 0.2) is 66.7 Å². The summed E-state index contributed by atoms with van der Waals surface area (Å²) in [4.78, 5) is 0. The van der Waals surface area contributed by atoms with Crippen LogP contribution in [0.5, 0.6) is 0 Å². The lowest BCUT2D eigenvalue weighted by Crippen LogP contribution is -2.27. The summed E-state index contributed by atoms with van der Waals surface area (Å²) in [5, 5.41) is 3.93. The van der Waals surface area contributed by atoms with Gasteiger partial charge in [0.2, 0.25) is 0 Å². The molecule has 2 aromatic carbocycles. The maximum absolute atomic E-state index is 2.36. The molecule has 0 aliphatic heterocycles. The molecule has 0 N–H and O–H groups in total. The van der Waals surface area contributed by atoms with E-state index in [4.69, 9.17) is 0 Å². The third-order valence-electron chi connectivity index (χ3n) is 3.81. The Balaban J connectivity index is 2.23. The molecule has 0 unspecified atom stereocenters. The van der Waals surface area contributed by atoms with Gasteiger partial charge in [-0.1, -0.05) is 60.7 Å². The minimum absolute atomic E-state index is 0.979. The molecule has 1 heteroatoms. The van der Waals surface area contributed by atoms with Crippen LogP contribution in [0.4, 0.5) is 0 Å². The number of aromatic nitrogens is 1. The largest absolute Gasteiger partial charge is 0.310 e. The zero-order chi connectivity index (χ0) is 13.4. The van der Waals surface area contributed by atoms with Gasteiger partial charge in [-0.05, 0) is 24.6 Å². The summed E-state index contributed by atoms with van der Waals surface area (Å²) in [5.41, 5.74) is 2.49. The highest BCUT2D eigenvalue weighted by atomic mass is 15.0. The van der Waals surface area contributed by atoms with E-state index in [1.54, 1.807) is 0 Å². The van der Waals surface area contributed by atoms with Crippen molar-refractivity contribution in [2.45, 2.75) is 6.42 Å². The van der Waals surface area contributed by atoms with Gasteiger partial charge in [0.15, 0.2) is 0 Å². The van der Waals surface area contributed by atoms with Crippen molar-refractivity contribution in [1.29, 1.82) is 0 Å². The minimum Gasteiger partial charge on any atom is -0.310 e. The Morgan fingerprint density at radius 1 is 0.850 bits per heavy atom. The molecule has 0 bridgehead atoms. The predicted molar refractivity (Wildman–Crippen MR) is 85.2 cm³/mol. The van der Waals surface area contributed by atoms with E-state index in [9.17, 15) is 0 Å². The fraction of sp³-hybridized carbons (Fsp3) is 0.0526. The second-order valence-electron chi connectivity index (χ2n) is 5.02. The molecule has 1 nitrogen and oxygen atoms in total. The Hall–Kier alpha value is -2.54. The van der Waals surface area contributed by atoms with Gasteiger partial charge < -0.3 is 4.57 Å². The zero-order valence-electron chi connectivity index (χ0n) is 11.2. The molecule has 0 saturated carbocycles. The number of rotatable bonds is 1. The highest BCUT2D eigenvalue weighted by Gasteiger charge is 2.08. The third-order valence-corrected chi connectivity index (χ3v) is 3.81. The van der Waals surface area contributed by atoms with Gasteiger partial charge in [0.1, 0.15) is 0 Å². The number of allylic oxidation sites excluding steroid dienone is 2. The molecule has 0 amide bonds. The Kier molecular flexibility index (Phi) is 2.56. The van der Waals surface area contributed by atoms with Crippen LogP contribution >= 0.6 is 0 Å². The predicted octanol–water partition coefficient (Wildman–Crippen LogP) is 3.15. The molecule has 0 spiro atoms. The van der Waals surface area contributed by atoms with Gasteiger partial charge in [0, 0.05) is 16.3 Å². The summed E-state index contributed by atoms with van der Waals surface area (Å²) >= 11 is 0. The fourth-order valence-electron chi connectivity index (χ4n) is 2.94. The van der Waals surface area contributed by atoms with E-state index in [2.05, 4.69) is 83.5 Å². The van der Waals surface area contributed by atoms with Crippen molar-refractivity contribution in [2.75, 3.05) is 0 Å². The third kappa shape index (κ3) is 1.64. The number of benzene rings is 2. The van der Waals surface area contributed by atoms with E-state index in [0.717, 1.165) is 6.42 Å². The van der Waals surface area contributed by atoms with Crippen molar-refractivity contribution < 1.29 is 0 Å². The molecule has 0 saturated heterocycles. The lowest BCUT2D eigenvalue weighted by molar-refractivity contribution is 1.06. The van der Waals surface area contributed by atoms with Crippen LogP contribution in [-0.2, 0) is 0 Å². The summed E-state index contributed by atoms with van der Waals surface area (Å²) in [6, 6.07) is 19.2. The van der Waals surface area contributed by atoms with Crippen molar-refractivity contribution in [3.8, 4) is 5.69 Å². The number of nitrogens with zero attached hydrogens (tertiary/aromatic N) is 1. The van der Waals surface area contributed by atoms with Gasteiger partial charge >= 0.3 is 0 Å². The molecule has 1 aliphatic rings. The maximum Gasteiger partial charge on any atom is 0.0540 e. The summed E-state index contributed by atoms with van der Waals surface area (Å²) in [6.07, 6.45) is 9.86. The topological polar surface area (TPSA) is 4.93 Å². The van der Waals surface area contributed by atoms with Crippen LogP contribution in [0.25, 0.3) is 28.7 Å². The standard InChI is InChI=1S/C19H15N/c1-3-9-15(10-4-1)20-18-13-6-2-5-11-16(18)17-12-7-8-14-19(17)20/h1-5,7-14H,6H2. The summed E-state index contributed by atoms with van der Waals surface area (Å²) in [5.74, 6) is 0. The highest BCUT2D eigenvalue weighted by molar-refractivity contribution is 5.84. The van der Waals surface area contributed by atoms with Crippen LogP contribution < -0.4 is 10.6 Å². The SMILES string of the molecule is C1=CCC=c2c(c3ccccc3n2-c2ccccc2)=C1. The van der Waals surface area contributed by atoms with E-state index in [-0.39, 0.29) is 0 Å². The van der Waals surface area contributed by atoms with E-state index in [0.29, 0.717) is 0 Å². The number of hydrogen-bond donors (Lipinski definition) is 0. The maximum atomic E-state index is 2.36. The first-order chi connectivity index (χ1) is 9.95. The summed E-state index contributed by atoms with van der Waals surface area (Å²) in [7, 11) is 0. The Morgan fingerprint density at radius 3 is 2.55 bits per heavy atom. The molecule has 1 heterocycles. The van der Waals surface area contributed by atoms with E-state index in [1.165, 1.54) is 27.2 Å². The van der Waals surface area contributed by atoms with E-state index in [1.807, 2.05) is 0 Å². The average Bonchev–Trinajstić information content (AvgIpc) is 2.65. The molecule has 96 valence electrons. The van der Waals surface area contributed by atoms with Crippen molar-refractivity contribution in [3.05, 3.63) is 77.3 Å². The lowest BCUT2D eigenvalue weighted by Gasteiger charge is -2.06. The van der Waals surface area contributed by atoms with E-state index >= 15 is 0 Å². The van der Waals surface area contributed by atoms with Crippen LogP contribution in [-0.4, -0.2) is 4.57 Å². The van der Waals surface area contributed by atoms with Gasteiger partial charge in [-0.15, -0.1) is 0 Å². The van der Waals surface area contributed by atoms with Gasteiger partial charge in [-0.3, -0.25) is 0 Å². The van der Waals surface area contributed by atoms with Crippen LogP contribution in [0.1, 0.15) is 6.42 Å². The molecule has 3 aromatic rings. The summed E-state index contributed by atoms with van der Waals surface area (Å²) in [6.45, 7) is 0. The summed E-state index contributed by atoms with van der Waals surface area (Å²) < 4.78 is 2.36. The number of para-hydroxylation sites is 2. The second kappa shape index (κ2) is 4.53. The fourth-order valence-corrected chi connectivity index (χ4v) is 2.94. The molecule has 0 radical (unpaired) electrons. The molecule has 20 heavy (non-hydrogen) atoms. The average molecular weight is 257 g/mol. The first-order valence-corrected chi connectivity index (χ1v) is 6.97. The molecule has 0 fully saturated rings. The zero-order valence-corrected chi connectivity index (χ0v) is 11.2. The van der Waals surface area contributed by atoms with E-state index < -0.39 is 0 Å². The van der Waals surface area contributed by atoms with Gasteiger partial charge in [0.05, 0.1) is 10.9 Å². The Labute approximate surface area is 117 Å². The van der Waals surface area contributed by atoms with Crippen molar-refractivity contribution in [1.82, 2.24) is 4.57 Å². The molecule has 1 aromatic heterocycles. The van der Waals surface area contributed by atoms with Crippen LogP contribution in [0.3, 0.4) is 0 Å². The van der Waals surface area contributed by atoms with Gasteiger partial charge in [0.25, 0.3) is 0 Å². The highest BCUT2D eigenvalue weighted by Crippen LogP contribution is 2.14. The molecular weight excluding hydrogens is 242 g/mol. The van der Waals surface area contributed by atoms with Crippen LogP contribution in [0, 0.1) is 0 Å². The first kappa shape index (κ1) is 11.3. The molecule has 1 aliphatic carbocycles. The second-order valence-corrected chi connectivity index (χ2v) is 5.02. The smallest absolute Gasteiger partial charge is 0.0540 e. The first-order valence-electron chi connectivity index (χ1n) is 6.97. The normalized spacial score (nSPS) is 13.4. The monoisotopic (exact) mass is 257 g/mol. The molecule has 0 atom stereocenters. The Morgan fingerprint density at radius 2 is 1.65 bits per heavy atom. The van der Waals surface area contributed by atoms with Crippen molar-refractivity contribution in [3.63, 3.8) is 0 Å². The van der Waals surface area contributed by atoms with Crippen molar-refractivity contribution >= 4 is 23.1 Å².